The molecule has 1 saturated carbocycles. The van der Waals surface area contributed by atoms with Gasteiger partial charge in [-0.05, 0) is 36.0 Å². The van der Waals surface area contributed by atoms with Gasteiger partial charge in [0.1, 0.15) is 5.78 Å². The topological polar surface area (TPSA) is 17.1 Å². The summed E-state index contributed by atoms with van der Waals surface area (Å²) in [6.07, 6.45) is 3.30. The zero-order valence-corrected chi connectivity index (χ0v) is 12.2. The first-order valence-corrected chi connectivity index (χ1v) is 7.50. The first-order valence-electron chi connectivity index (χ1n) is 7.50. The molecule has 0 heterocycles. The van der Waals surface area contributed by atoms with E-state index in [0.717, 1.165) is 36.8 Å². The molecule has 0 bridgehead atoms. The van der Waals surface area contributed by atoms with Crippen LogP contribution in [0.5, 0.6) is 0 Å². The van der Waals surface area contributed by atoms with Crippen LogP contribution < -0.4 is 0 Å². The van der Waals surface area contributed by atoms with Crippen LogP contribution in [-0.4, -0.2) is 5.78 Å². The van der Waals surface area contributed by atoms with Crippen LogP contribution >= 0.6 is 0 Å². The number of benzene rings is 2. The van der Waals surface area contributed by atoms with Crippen molar-refractivity contribution in [3.63, 3.8) is 0 Å². The Bertz CT molecular complexity index is 642. The van der Waals surface area contributed by atoms with Crippen LogP contribution in [0, 0.1) is 5.41 Å². The van der Waals surface area contributed by atoms with Gasteiger partial charge >= 0.3 is 0 Å². The highest BCUT2D eigenvalue weighted by Crippen LogP contribution is 2.46. The van der Waals surface area contributed by atoms with Gasteiger partial charge in [-0.2, -0.15) is 0 Å². The zero-order valence-electron chi connectivity index (χ0n) is 12.2. The van der Waals surface area contributed by atoms with Crippen LogP contribution in [-0.2, 0) is 11.2 Å². The number of carbonyl (C=O) groups excluding carboxylic acids is 1. The molecule has 0 amide bonds. The fourth-order valence-electron chi connectivity index (χ4n) is 3.19. The third-order valence-electron chi connectivity index (χ3n) is 4.54. The average molecular weight is 276 g/mol. The largest absolute Gasteiger partial charge is 0.299 e. The molecule has 2 aromatic rings. The Labute approximate surface area is 126 Å². The zero-order chi connectivity index (χ0) is 14.7. The minimum absolute atomic E-state index is 0.228. The minimum Gasteiger partial charge on any atom is -0.299 e. The summed E-state index contributed by atoms with van der Waals surface area (Å²) in [6, 6.07) is 20.5. The van der Waals surface area contributed by atoms with Crippen molar-refractivity contribution in [3.05, 3.63) is 78.4 Å². The van der Waals surface area contributed by atoms with Crippen molar-refractivity contribution in [2.75, 3.05) is 0 Å². The second kappa shape index (κ2) is 5.69. The van der Waals surface area contributed by atoms with Gasteiger partial charge in [0.05, 0.1) is 0 Å². The molecule has 2 aromatic carbocycles. The van der Waals surface area contributed by atoms with Crippen molar-refractivity contribution < 1.29 is 4.79 Å². The van der Waals surface area contributed by atoms with Gasteiger partial charge in [0, 0.05) is 11.8 Å². The summed E-state index contributed by atoms with van der Waals surface area (Å²) in [5.74, 6) is 0.392. The predicted octanol–water partition coefficient (Wildman–Crippen LogP) is 4.68. The molecule has 0 spiro atoms. The SMILES string of the molecule is C=C(C[C@]1(Cc2ccccc2)CCC1=O)c1ccccc1. The smallest absolute Gasteiger partial charge is 0.139 e. The normalized spacial score (nSPS) is 20.9. The lowest BCUT2D eigenvalue weighted by molar-refractivity contribution is -0.137. The summed E-state index contributed by atoms with van der Waals surface area (Å²) in [4.78, 5) is 12.3. The first-order chi connectivity index (χ1) is 10.2. The van der Waals surface area contributed by atoms with E-state index >= 15 is 0 Å². The molecule has 0 unspecified atom stereocenters. The van der Waals surface area contributed by atoms with Gasteiger partial charge in [-0.15, -0.1) is 0 Å². The van der Waals surface area contributed by atoms with E-state index in [1.165, 1.54) is 5.56 Å². The number of rotatable bonds is 5. The Hall–Kier alpha value is -2.15. The fraction of sp³-hybridized carbons (Fsp3) is 0.250. The lowest BCUT2D eigenvalue weighted by Gasteiger charge is -2.41. The molecule has 1 aliphatic rings. The maximum absolute atomic E-state index is 12.3. The molecule has 3 rings (SSSR count). The van der Waals surface area contributed by atoms with Crippen LogP contribution in [0.25, 0.3) is 5.57 Å². The lowest BCUT2D eigenvalue weighted by Crippen LogP contribution is -2.42. The molecular formula is C20H20O. The van der Waals surface area contributed by atoms with E-state index in [2.05, 4.69) is 30.8 Å². The number of Topliss-reactive ketones (excluding diaryl/α,β-unsaturated/α-hetero) is 1. The summed E-state index contributed by atoms with van der Waals surface area (Å²) < 4.78 is 0. The van der Waals surface area contributed by atoms with E-state index in [1.54, 1.807) is 0 Å². The van der Waals surface area contributed by atoms with E-state index in [9.17, 15) is 4.79 Å². The predicted molar refractivity (Wildman–Crippen MR) is 86.9 cm³/mol. The molecule has 0 aliphatic heterocycles. The van der Waals surface area contributed by atoms with Gasteiger partial charge in [-0.3, -0.25) is 4.79 Å². The summed E-state index contributed by atoms with van der Waals surface area (Å²) >= 11 is 0. The number of carbonyl (C=O) groups is 1. The quantitative estimate of drug-likeness (QED) is 0.774. The van der Waals surface area contributed by atoms with E-state index < -0.39 is 0 Å². The van der Waals surface area contributed by atoms with Crippen LogP contribution in [0.15, 0.2) is 67.2 Å². The molecule has 0 saturated heterocycles. The molecular weight excluding hydrogens is 256 g/mol. The van der Waals surface area contributed by atoms with E-state index in [-0.39, 0.29) is 5.41 Å². The summed E-state index contributed by atoms with van der Waals surface area (Å²) in [6.45, 7) is 4.22. The molecule has 1 aliphatic carbocycles. The van der Waals surface area contributed by atoms with Gasteiger partial charge < -0.3 is 0 Å². The van der Waals surface area contributed by atoms with Crippen molar-refractivity contribution in [3.8, 4) is 0 Å². The van der Waals surface area contributed by atoms with Crippen LogP contribution in [0.2, 0.25) is 0 Å². The molecule has 1 atom stereocenters. The van der Waals surface area contributed by atoms with E-state index in [4.69, 9.17) is 0 Å². The van der Waals surface area contributed by atoms with Crippen molar-refractivity contribution in [2.45, 2.75) is 25.7 Å². The third-order valence-corrected chi connectivity index (χ3v) is 4.54. The van der Waals surface area contributed by atoms with Crippen molar-refractivity contribution in [2.24, 2.45) is 5.41 Å². The number of hydrogen-bond donors (Lipinski definition) is 0. The van der Waals surface area contributed by atoms with Crippen LogP contribution in [0.3, 0.4) is 0 Å². The highest BCUT2D eigenvalue weighted by Gasteiger charge is 2.45. The molecule has 1 heteroatoms. The van der Waals surface area contributed by atoms with E-state index in [0.29, 0.717) is 5.78 Å². The molecule has 106 valence electrons. The molecule has 1 nitrogen and oxygen atoms in total. The Morgan fingerprint density at radius 1 is 1.00 bits per heavy atom. The van der Waals surface area contributed by atoms with Crippen molar-refractivity contribution in [1.29, 1.82) is 0 Å². The van der Waals surface area contributed by atoms with E-state index in [1.807, 2.05) is 36.4 Å². The molecule has 1 fully saturated rings. The summed E-state index contributed by atoms with van der Waals surface area (Å²) in [5, 5.41) is 0. The highest BCUT2D eigenvalue weighted by molar-refractivity contribution is 5.92. The molecule has 0 N–H and O–H groups in total. The standard InChI is InChI=1S/C20H20O/c1-16(18-10-6-3-7-11-18)14-20(13-12-19(20)21)15-17-8-4-2-5-9-17/h2-11H,1,12-15H2/t20-/m0/s1. The molecule has 0 aromatic heterocycles. The number of hydrogen-bond acceptors (Lipinski definition) is 1. The van der Waals surface area contributed by atoms with Crippen LogP contribution in [0.4, 0.5) is 0 Å². The Morgan fingerprint density at radius 2 is 1.62 bits per heavy atom. The van der Waals surface area contributed by atoms with Gasteiger partial charge in [0.2, 0.25) is 0 Å². The molecule has 0 radical (unpaired) electrons. The Kier molecular flexibility index (Phi) is 3.74. The number of ketones is 1. The monoisotopic (exact) mass is 276 g/mol. The fourth-order valence-corrected chi connectivity index (χ4v) is 3.19. The van der Waals surface area contributed by atoms with Gasteiger partial charge in [-0.25, -0.2) is 0 Å². The second-order valence-corrected chi connectivity index (χ2v) is 6.01. The summed E-state index contributed by atoms with van der Waals surface area (Å²) in [5.41, 5.74) is 3.23. The lowest BCUT2D eigenvalue weighted by atomic mass is 9.61. The Morgan fingerprint density at radius 3 is 2.14 bits per heavy atom. The van der Waals surface area contributed by atoms with Crippen molar-refractivity contribution in [1.82, 2.24) is 0 Å². The maximum Gasteiger partial charge on any atom is 0.139 e. The van der Waals surface area contributed by atoms with Gasteiger partial charge in [-0.1, -0.05) is 67.2 Å². The molecule has 21 heavy (non-hydrogen) atoms. The van der Waals surface area contributed by atoms with Crippen molar-refractivity contribution >= 4 is 11.4 Å². The van der Waals surface area contributed by atoms with Crippen LogP contribution in [0.1, 0.15) is 30.4 Å². The minimum atomic E-state index is -0.228. The van der Waals surface area contributed by atoms with Gasteiger partial charge in [0.25, 0.3) is 0 Å². The maximum atomic E-state index is 12.3. The number of allylic oxidation sites excluding steroid dienone is 1. The summed E-state index contributed by atoms with van der Waals surface area (Å²) in [7, 11) is 0. The Balaban J connectivity index is 1.79. The second-order valence-electron chi connectivity index (χ2n) is 6.01. The highest BCUT2D eigenvalue weighted by atomic mass is 16.1. The third kappa shape index (κ3) is 2.82. The first kappa shape index (κ1) is 13.8. The average Bonchev–Trinajstić information content (AvgIpc) is 2.54. The van der Waals surface area contributed by atoms with Gasteiger partial charge in [0.15, 0.2) is 0 Å².